The Hall–Kier alpha value is -3.34. The molecule has 5 aromatic rings. The minimum atomic E-state index is -0.396. The second-order valence-corrected chi connectivity index (χ2v) is 10.1. The molecule has 0 amide bonds. The second-order valence-electron chi connectivity index (χ2n) is 10.1. The van der Waals surface area contributed by atoms with Crippen molar-refractivity contribution in [2.45, 2.75) is 38.9 Å². The third-order valence-electron chi connectivity index (χ3n) is 7.48. The molecule has 2 heterocycles. The third-order valence-corrected chi connectivity index (χ3v) is 7.48. The maximum absolute atomic E-state index is 6.42. The summed E-state index contributed by atoms with van der Waals surface area (Å²) in [5, 5.41) is 3.53. The highest BCUT2D eigenvalue weighted by Crippen LogP contribution is 2.38. The molecule has 4 heteroatoms. The highest BCUT2D eigenvalue weighted by atomic mass is 16.7. The molecule has 1 aliphatic heterocycles. The van der Waals surface area contributed by atoms with Crippen molar-refractivity contribution in [1.82, 2.24) is 4.57 Å². The Bertz CT molecular complexity index is 1480. The van der Waals surface area contributed by atoms with Crippen LogP contribution in [0.5, 0.6) is 0 Å². The van der Waals surface area contributed by atoms with Crippen molar-refractivity contribution in [3.05, 3.63) is 97.2 Å². The molecule has 168 valence electrons. The maximum Gasteiger partial charge on any atom is 0.495 e. The third kappa shape index (κ3) is 3.29. The van der Waals surface area contributed by atoms with Gasteiger partial charge in [-0.25, -0.2) is 0 Å². The average molecular weight is 445 g/mol. The molecule has 6 rings (SSSR count). The summed E-state index contributed by atoms with van der Waals surface area (Å²) in [5.74, 6) is 0. The van der Waals surface area contributed by atoms with Crippen molar-refractivity contribution in [1.29, 1.82) is 0 Å². The summed E-state index contributed by atoms with van der Waals surface area (Å²) in [6.45, 7) is 8.40. The predicted octanol–water partition coefficient (Wildman–Crippen LogP) is 6.75. The Labute approximate surface area is 201 Å². The quantitative estimate of drug-likeness (QED) is 0.287. The van der Waals surface area contributed by atoms with Crippen LogP contribution in [0.15, 0.2) is 97.2 Å². The van der Waals surface area contributed by atoms with E-state index < -0.39 is 7.12 Å². The van der Waals surface area contributed by atoms with Gasteiger partial charge in [0, 0.05) is 22.7 Å². The van der Waals surface area contributed by atoms with Gasteiger partial charge in [0.2, 0.25) is 0 Å². The van der Waals surface area contributed by atoms with Gasteiger partial charge in [0.15, 0.2) is 0 Å². The summed E-state index contributed by atoms with van der Waals surface area (Å²) in [7, 11) is -0.396. The van der Waals surface area contributed by atoms with E-state index in [1.807, 2.05) is 6.07 Å². The maximum atomic E-state index is 6.42. The lowest BCUT2D eigenvalue weighted by Gasteiger charge is -2.32. The molecule has 34 heavy (non-hydrogen) atoms. The monoisotopic (exact) mass is 445 g/mol. The zero-order valence-corrected chi connectivity index (χ0v) is 20.1. The normalized spacial score (nSPS) is 17.0. The Kier molecular flexibility index (Phi) is 4.74. The molecule has 0 saturated carbocycles. The summed E-state index contributed by atoms with van der Waals surface area (Å²) in [6.07, 6.45) is 2.16. The summed E-state index contributed by atoms with van der Waals surface area (Å²) < 4.78 is 15.1. The van der Waals surface area contributed by atoms with Crippen LogP contribution in [-0.4, -0.2) is 22.9 Å². The van der Waals surface area contributed by atoms with E-state index in [2.05, 4.69) is 123 Å². The van der Waals surface area contributed by atoms with Crippen molar-refractivity contribution < 1.29 is 9.31 Å². The van der Waals surface area contributed by atoms with E-state index in [9.17, 15) is 0 Å². The van der Waals surface area contributed by atoms with Gasteiger partial charge >= 0.3 is 7.12 Å². The lowest BCUT2D eigenvalue weighted by molar-refractivity contribution is 0.00578. The fraction of sp³-hybridized carbons (Fsp3) is 0.200. The highest BCUT2D eigenvalue weighted by molar-refractivity contribution is 6.65. The standard InChI is InChI=1S/C30H28BNO2/c1-29(2)30(3,4)34-31(33-29)27-20-23-18-19-32(28(23)26-13-9-8-12-25(26)27)24-16-14-22(15-17-24)21-10-6-5-7-11-21/h5-20H,1-4H3. The molecule has 0 spiro atoms. The van der Waals surface area contributed by atoms with Gasteiger partial charge < -0.3 is 13.9 Å². The van der Waals surface area contributed by atoms with Gasteiger partial charge in [-0.1, -0.05) is 72.8 Å². The Morgan fingerprint density at radius 3 is 1.91 bits per heavy atom. The van der Waals surface area contributed by atoms with Gasteiger partial charge in [-0.2, -0.15) is 0 Å². The van der Waals surface area contributed by atoms with Crippen LogP contribution in [0.2, 0.25) is 0 Å². The van der Waals surface area contributed by atoms with Crippen LogP contribution in [0.25, 0.3) is 38.5 Å². The first-order valence-corrected chi connectivity index (χ1v) is 11.9. The smallest absolute Gasteiger partial charge is 0.399 e. The predicted molar refractivity (Wildman–Crippen MR) is 142 cm³/mol. The molecule has 0 atom stereocenters. The number of rotatable bonds is 3. The molecular formula is C30H28BNO2. The Morgan fingerprint density at radius 1 is 0.647 bits per heavy atom. The average Bonchev–Trinajstić information content (AvgIpc) is 3.36. The molecule has 0 bridgehead atoms. The number of hydrogen-bond donors (Lipinski definition) is 0. The Balaban J connectivity index is 1.48. The van der Waals surface area contributed by atoms with Crippen molar-refractivity contribution in [2.75, 3.05) is 0 Å². The zero-order valence-electron chi connectivity index (χ0n) is 20.1. The SMILES string of the molecule is CC1(C)OB(c2cc3ccn(-c4ccc(-c5ccccc5)cc4)c3c3ccccc23)OC1(C)C. The van der Waals surface area contributed by atoms with Gasteiger partial charge in [-0.3, -0.25) is 0 Å². The molecular weight excluding hydrogens is 417 g/mol. The van der Waals surface area contributed by atoms with E-state index in [0.29, 0.717) is 0 Å². The number of hydrogen-bond acceptors (Lipinski definition) is 2. The van der Waals surface area contributed by atoms with Gasteiger partial charge in [0.1, 0.15) is 0 Å². The molecule has 4 aromatic carbocycles. The van der Waals surface area contributed by atoms with E-state index in [-0.39, 0.29) is 11.2 Å². The van der Waals surface area contributed by atoms with Crippen LogP contribution in [-0.2, 0) is 9.31 Å². The van der Waals surface area contributed by atoms with Crippen LogP contribution in [0.3, 0.4) is 0 Å². The van der Waals surface area contributed by atoms with Crippen molar-refractivity contribution in [3.8, 4) is 16.8 Å². The fourth-order valence-corrected chi connectivity index (χ4v) is 4.86. The highest BCUT2D eigenvalue weighted by Gasteiger charge is 2.52. The van der Waals surface area contributed by atoms with Crippen LogP contribution in [0.1, 0.15) is 27.7 Å². The zero-order chi connectivity index (χ0) is 23.5. The minimum Gasteiger partial charge on any atom is -0.399 e. The van der Waals surface area contributed by atoms with E-state index in [0.717, 1.165) is 16.5 Å². The van der Waals surface area contributed by atoms with Crippen molar-refractivity contribution in [3.63, 3.8) is 0 Å². The lowest BCUT2D eigenvalue weighted by atomic mass is 9.75. The first kappa shape index (κ1) is 21.2. The van der Waals surface area contributed by atoms with Crippen molar-refractivity contribution in [2.24, 2.45) is 0 Å². The fourth-order valence-electron chi connectivity index (χ4n) is 4.86. The molecule has 3 nitrogen and oxygen atoms in total. The van der Waals surface area contributed by atoms with Crippen LogP contribution < -0.4 is 5.46 Å². The Morgan fingerprint density at radius 2 is 1.24 bits per heavy atom. The van der Waals surface area contributed by atoms with Crippen LogP contribution in [0, 0.1) is 0 Å². The van der Waals surface area contributed by atoms with Gasteiger partial charge in [0.05, 0.1) is 16.7 Å². The van der Waals surface area contributed by atoms with Crippen LogP contribution in [0.4, 0.5) is 0 Å². The summed E-state index contributed by atoms with van der Waals surface area (Å²) in [4.78, 5) is 0. The number of nitrogens with zero attached hydrogens (tertiary/aromatic N) is 1. The van der Waals surface area contributed by atoms with E-state index in [1.54, 1.807) is 0 Å². The molecule has 1 saturated heterocycles. The molecule has 1 aromatic heterocycles. The number of benzene rings is 4. The first-order valence-electron chi connectivity index (χ1n) is 11.9. The van der Waals surface area contributed by atoms with E-state index in [1.165, 1.54) is 27.4 Å². The van der Waals surface area contributed by atoms with Gasteiger partial charge in [-0.05, 0) is 67.9 Å². The number of fused-ring (bicyclic) bond motifs is 3. The summed E-state index contributed by atoms with van der Waals surface area (Å²) in [6, 6.07) is 32.2. The largest absolute Gasteiger partial charge is 0.495 e. The molecule has 1 fully saturated rings. The van der Waals surface area contributed by atoms with Gasteiger partial charge in [0.25, 0.3) is 0 Å². The van der Waals surface area contributed by atoms with Crippen LogP contribution >= 0.6 is 0 Å². The molecule has 0 radical (unpaired) electrons. The first-order chi connectivity index (χ1) is 16.3. The summed E-state index contributed by atoms with van der Waals surface area (Å²) >= 11 is 0. The van der Waals surface area contributed by atoms with E-state index in [4.69, 9.17) is 9.31 Å². The molecule has 0 unspecified atom stereocenters. The topological polar surface area (TPSA) is 23.4 Å². The van der Waals surface area contributed by atoms with Crippen molar-refractivity contribution >= 4 is 34.3 Å². The van der Waals surface area contributed by atoms with Gasteiger partial charge in [-0.15, -0.1) is 0 Å². The molecule has 0 aliphatic carbocycles. The van der Waals surface area contributed by atoms with E-state index >= 15 is 0 Å². The minimum absolute atomic E-state index is 0.375. The molecule has 1 aliphatic rings. The number of aromatic nitrogens is 1. The lowest BCUT2D eigenvalue weighted by Crippen LogP contribution is -2.41. The molecule has 0 N–H and O–H groups in total. The second kappa shape index (κ2) is 7.59. The summed E-state index contributed by atoms with van der Waals surface area (Å²) in [5.41, 5.74) is 5.11.